The average Bonchev–Trinajstić information content (AvgIpc) is 2.15. The summed E-state index contributed by atoms with van der Waals surface area (Å²) in [6, 6.07) is 0. The molecule has 0 spiro atoms. The van der Waals surface area contributed by atoms with E-state index in [1.54, 1.807) is 0 Å². The van der Waals surface area contributed by atoms with Crippen LogP contribution in [0.25, 0.3) is 0 Å². The first-order valence-corrected chi connectivity index (χ1v) is 3.53. The van der Waals surface area contributed by atoms with E-state index >= 15 is 0 Å². The van der Waals surface area contributed by atoms with Crippen LogP contribution in [0.4, 0.5) is 0 Å². The number of ether oxygens (including phenoxy) is 1. The van der Waals surface area contributed by atoms with E-state index in [-0.39, 0.29) is 5.12 Å². The second kappa shape index (κ2) is 3.22. The van der Waals surface area contributed by atoms with E-state index < -0.39 is 0 Å². The molecule has 0 unspecified atom stereocenters. The van der Waals surface area contributed by atoms with Crippen LogP contribution in [0.5, 0.6) is 0 Å². The predicted octanol–water partition coefficient (Wildman–Crippen LogP) is 0.869. The standard InChI is InChI=1S/C6H10O2S/c7-6(9)3-5-1-2-8-4-5/h5H,1-4H2,(H,7,9)/t5-/m0/s1. The van der Waals surface area contributed by atoms with Crippen LogP contribution in [-0.4, -0.2) is 18.3 Å². The van der Waals surface area contributed by atoms with Gasteiger partial charge in [0.1, 0.15) is 0 Å². The summed E-state index contributed by atoms with van der Waals surface area (Å²) in [7, 11) is 0. The predicted molar refractivity (Wildman–Crippen MR) is 37.5 cm³/mol. The highest BCUT2D eigenvalue weighted by Gasteiger charge is 2.16. The van der Waals surface area contributed by atoms with E-state index in [1.165, 1.54) is 0 Å². The van der Waals surface area contributed by atoms with Gasteiger partial charge in [0.25, 0.3) is 0 Å². The molecule has 3 heteroatoms. The zero-order valence-electron chi connectivity index (χ0n) is 5.17. The molecule has 0 saturated carbocycles. The lowest BCUT2D eigenvalue weighted by Crippen LogP contribution is -2.02. The summed E-state index contributed by atoms with van der Waals surface area (Å²) in [5.74, 6) is 0.440. The summed E-state index contributed by atoms with van der Waals surface area (Å²) in [4.78, 5) is 10.4. The van der Waals surface area contributed by atoms with Crippen LogP contribution in [0.1, 0.15) is 12.8 Å². The van der Waals surface area contributed by atoms with Crippen LogP contribution < -0.4 is 0 Å². The van der Waals surface area contributed by atoms with Gasteiger partial charge in [-0.2, -0.15) is 0 Å². The Hall–Kier alpha value is -0.0200. The minimum atomic E-state index is -0.0227. The van der Waals surface area contributed by atoms with Crippen LogP contribution in [-0.2, 0) is 9.53 Å². The van der Waals surface area contributed by atoms with Crippen molar-refractivity contribution in [2.24, 2.45) is 5.92 Å². The second-order valence-corrected chi connectivity index (χ2v) is 2.83. The molecule has 0 amide bonds. The van der Waals surface area contributed by atoms with Gasteiger partial charge < -0.3 is 4.74 Å². The maximum atomic E-state index is 10.4. The van der Waals surface area contributed by atoms with Gasteiger partial charge in [0.05, 0.1) is 0 Å². The zero-order chi connectivity index (χ0) is 6.69. The highest BCUT2D eigenvalue weighted by atomic mass is 32.1. The van der Waals surface area contributed by atoms with E-state index in [0.29, 0.717) is 12.3 Å². The van der Waals surface area contributed by atoms with E-state index in [9.17, 15) is 4.79 Å². The van der Waals surface area contributed by atoms with Crippen molar-refractivity contribution in [1.29, 1.82) is 0 Å². The Labute approximate surface area is 60.0 Å². The fourth-order valence-electron chi connectivity index (χ4n) is 0.991. The first-order valence-electron chi connectivity index (χ1n) is 3.08. The summed E-state index contributed by atoms with van der Waals surface area (Å²) in [5, 5.41) is -0.0227. The fourth-order valence-corrected chi connectivity index (χ4v) is 1.25. The van der Waals surface area contributed by atoms with Crippen molar-refractivity contribution in [3.8, 4) is 0 Å². The lowest BCUT2D eigenvalue weighted by Gasteiger charge is -2.00. The van der Waals surface area contributed by atoms with Crippen LogP contribution >= 0.6 is 12.6 Å². The SMILES string of the molecule is O=C(S)C[C@@H]1CCOC1. The third kappa shape index (κ3) is 2.37. The Balaban J connectivity index is 2.19. The summed E-state index contributed by atoms with van der Waals surface area (Å²) in [6.45, 7) is 1.55. The van der Waals surface area contributed by atoms with E-state index in [2.05, 4.69) is 12.6 Å². The molecule has 1 rings (SSSR count). The summed E-state index contributed by atoms with van der Waals surface area (Å²) >= 11 is 3.68. The summed E-state index contributed by atoms with van der Waals surface area (Å²) in [6.07, 6.45) is 1.59. The van der Waals surface area contributed by atoms with Gasteiger partial charge in [0.2, 0.25) is 0 Å². The van der Waals surface area contributed by atoms with Crippen molar-refractivity contribution < 1.29 is 9.53 Å². The molecule has 1 saturated heterocycles. The average molecular weight is 146 g/mol. The molecule has 1 atom stereocenters. The number of hydrogen-bond donors (Lipinski definition) is 1. The minimum Gasteiger partial charge on any atom is -0.381 e. The summed E-state index contributed by atoms with van der Waals surface area (Å²) < 4.78 is 5.07. The molecule has 9 heavy (non-hydrogen) atoms. The molecule has 0 aromatic rings. The highest BCUT2D eigenvalue weighted by molar-refractivity contribution is 7.96. The molecule has 52 valence electrons. The topological polar surface area (TPSA) is 26.3 Å². The van der Waals surface area contributed by atoms with Crippen LogP contribution in [0.3, 0.4) is 0 Å². The second-order valence-electron chi connectivity index (χ2n) is 2.33. The van der Waals surface area contributed by atoms with Crippen LogP contribution in [0.15, 0.2) is 0 Å². The molecule has 0 aromatic carbocycles. The maximum Gasteiger partial charge on any atom is 0.186 e. The third-order valence-electron chi connectivity index (χ3n) is 1.49. The van der Waals surface area contributed by atoms with Crippen molar-refractivity contribution in [2.45, 2.75) is 12.8 Å². The number of thiol groups is 1. The lowest BCUT2D eigenvalue weighted by molar-refractivity contribution is -0.111. The maximum absolute atomic E-state index is 10.4. The van der Waals surface area contributed by atoms with E-state index in [4.69, 9.17) is 4.74 Å². The van der Waals surface area contributed by atoms with Crippen molar-refractivity contribution in [1.82, 2.24) is 0 Å². The number of carbonyl (C=O) groups is 1. The van der Waals surface area contributed by atoms with E-state index in [0.717, 1.165) is 19.6 Å². The number of hydrogen-bond acceptors (Lipinski definition) is 2. The Morgan fingerprint density at radius 3 is 3.00 bits per heavy atom. The third-order valence-corrected chi connectivity index (χ3v) is 1.67. The smallest absolute Gasteiger partial charge is 0.186 e. The molecule has 1 heterocycles. The molecule has 0 bridgehead atoms. The molecule has 1 aliphatic rings. The molecular weight excluding hydrogens is 136 g/mol. The molecule has 1 fully saturated rings. The zero-order valence-corrected chi connectivity index (χ0v) is 6.06. The molecule has 1 aliphatic heterocycles. The first-order chi connectivity index (χ1) is 4.29. The molecule has 0 aromatic heterocycles. The fraction of sp³-hybridized carbons (Fsp3) is 0.833. The molecule has 0 radical (unpaired) electrons. The van der Waals surface area contributed by atoms with Crippen LogP contribution in [0, 0.1) is 5.92 Å². The molecule has 0 aliphatic carbocycles. The van der Waals surface area contributed by atoms with Crippen molar-refractivity contribution in [2.75, 3.05) is 13.2 Å². The minimum absolute atomic E-state index is 0.0227. The van der Waals surface area contributed by atoms with Gasteiger partial charge in [-0.05, 0) is 12.3 Å². The quantitative estimate of drug-likeness (QED) is 0.585. The van der Waals surface area contributed by atoms with Gasteiger partial charge in [0, 0.05) is 19.6 Å². The van der Waals surface area contributed by atoms with Crippen LogP contribution in [0.2, 0.25) is 0 Å². The first kappa shape index (κ1) is 7.09. The Morgan fingerprint density at radius 1 is 1.78 bits per heavy atom. The number of carbonyl (C=O) groups excluding carboxylic acids is 1. The molecule has 0 N–H and O–H groups in total. The Morgan fingerprint density at radius 2 is 2.56 bits per heavy atom. The van der Waals surface area contributed by atoms with Gasteiger partial charge in [-0.15, -0.1) is 12.6 Å². The van der Waals surface area contributed by atoms with Gasteiger partial charge in [0.15, 0.2) is 5.12 Å². The monoisotopic (exact) mass is 146 g/mol. The highest BCUT2D eigenvalue weighted by Crippen LogP contribution is 2.16. The van der Waals surface area contributed by atoms with Crippen molar-refractivity contribution >= 4 is 17.7 Å². The van der Waals surface area contributed by atoms with E-state index in [1.807, 2.05) is 0 Å². The summed E-state index contributed by atoms with van der Waals surface area (Å²) in [5.41, 5.74) is 0. The largest absolute Gasteiger partial charge is 0.381 e. The van der Waals surface area contributed by atoms with Gasteiger partial charge in [-0.3, -0.25) is 4.79 Å². The molecular formula is C6H10O2S. The number of rotatable bonds is 2. The molecule has 2 nitrogen and oxygen atoms in total. The Bertz CT molecular complexity index is 108. The Kier molecular flexibility index (Phi) is 2.54. The normalized spacial score (nSPS) is 26.6. The lowest BCUT2D eigenvalue weighted by atomic mass is 10.1. The van der Waals surface area contributed by atoms with Crippen molar-refractivity contribution in [3.05, 3.63) is 0 Å². The van der Waals surface area contributed by atoms with Crippen molar-refractivity contribution in [3.63, 3.8) is 0 Å². The van der Waals surface area contributed by atoms with Gasteiger partial charge in [-0.25, -0.2) is 0 Å². The van der Waals surface area contributed by atoms with Gasteiger partial charge >= 0.3 is 0 Å². The van der Waals surface area contributed by atoms with Gasteiger partial charge in [-0.1, -0.05) is 0 Å².